The molecular weight excluding hydrogens is 298 g/mol. The first-order chi connectivity index (χ1) is 11.7. The number of rotatable bonds is 5. The van der Waals surface area contributed by atoms with E-state index in [2.05, 4.69) is 45.9 Å². The molecular formula is C20H27N3O. The molecule has 2 aromatic rings. The summed E-state index contributed by atoms with van der Waals surface area (Å²) in [6.07, 6.45) is 1.08. The second kappa shape index (κ2) is 7.67. The minimum atomic E-state index is 0.155. The van der Waals surface area contributed by atoms with Crippen LogP contribution in [0.2, 0.25) is 0 Å². The van der Waals surface area contributed by atoms with Crippen LogP contribution in [0.5, 0.6) is 0 Å². The number of hydrogen-bond donors (Lipinski definition) is 0. The van der Waals surface area contributed by atoms with Crippen LogP contribution in [0.15, 0.2) is 42.5 Å². The summed E-state index contributed by atoms with van der Waals surface area (Å²) in [5.74, 6) is 0.155. The highest BCUT2D eigenvalue weighted by Gasteiger charge is 2.22. The van der Waals surface area contributed by atoms with Crippen LogP contribution >= 0.6 is 0 Å². The zero-order valence-electron chi connectivity index (χ0n) is 14.7. The largest absolute Gasteiger partial charge is 0.339 e. The summed E-state index contributed by atoms with van der Waals surface area (Å²) >= 11 is 0. The number of amides is 1. The fourth-order valence-corrected chi connectivity index (χ4v) is 3.51. The predicted molar refractivity (Wildman–Crippen MR) is 96.9 cm³/mol. The molecule has 2 heterocycles. The molecule has 0 saturated carbocycles. The first-order valence-electron chi connectivity index (χ1n) is 8.96. The molecule has 0 radical (unpaired) electrons. The Morgan fingerprint density at radius 2 is 1.79 bits per heavy atom. The van der Waals surface area contributed by atoms with Gasteiger partial charge in [-0.05, 0) is 38.0 Å². The highest BCUT2D eigenvalue weighted by molar-refractivity contribution is 5.93. The van der Waals surface area contributed by atoms with E-state index in [1.165, 1.54) is 11.3 Å². The van der Waals surface area contributed by atoms with Gasteiger partial charge in [0.1, 0.15) is 5.69 Å². The van der Waals surface area contributed by atoms with Gasteiger partial charge in [0.2, 0.25) is 0 Å². The van der Waals surface area contributed by atoms with Crippen LogP contribution in [0.3, 0.4) is 0 Å². The van der Waals surface area contributed by atoms with Crippen LogP contribution in [0.1, 0.15) is 42.0 Å². The number of nitrogens with zero attached hydrogens (tertiary/aromatic N) is 3. The minimum absolute atomic E-state index is 0.155. The van der Waals surface area contributed by atoms with E-state index in [1.54, 1.807) is 0 Å². The summed E-state index contributed by atoms with van der Waals surface area (Å²) < 4.78 is 2.23. The third-order valence-corrected chi connectivity index (χ3v) is 4.83. The number of fused-ring (bicyclic) bond motifs is 1. The monoisotopic (exact) mass is 325 g/mol. The summed E-state index contributed by atoms with van der Waals surface area (Å²) in [5.41, 5.74) is 3.44. The van der Waals surface area contributed by atoms with Gasteiger partial charge < -0.3 is 9.47 Å². The smallest absolute Gasteiger partial charge is 0.270 e. The zero-order chi connectivity index (χ0) is 16.9. The van der Waals surface area contributed by atoms with Crippen molar-refractivity contribution >= 4 is 5.91 Å². The Hall–Kier alpha value is -2.07. The van der Waals surface area contributed by atoms with E-state index >= 15 is 0 Å². The molecule has 4 nitrogen and oxygen atoms in total. The van der Waals surface area contributed by atoms with Gasteiger partial charge in [-0.15, -0.1) is 0 Å². The van der Waals surface area contributed by atoms with Crippen LogP contribution in [0.4, 0.5) is 0 Å². The quantitative estimate of drug-likeness (QED) is 0.843. The molecule has 1 aliphatic rings. The molecule has 0 atom stereocenters. The summed E-state index contributed by atoms with van der Waals surface area (Å²) in [4.78, 5) is 17.1. The van der Waals surface area contributed by atoms with Crippen LogP contribution in [0.25, 0.3) is 0 Å². The van der Waals surface area contributed by atoms with E-state index in [0.29, 0.717) is 0 Å². The lowest BCUT2D eigenvalue weighted by Crippen LogP contribution is -2.32. The molecule has 4 heteroatoms. The van der Waals surface area contributed by atoms with Gasteiger partial charge in [0.05, 0.1) is 0 Å². The Balaban J connectivity index is 1.77. The highest BCUT2D eigenvalue weighted by atomic mass is 16.2. The zero-order valence-corrected chi connectivity index (χ0v) is 14.7. The van der Waals surface area contributed by atoms with E-state index in [4.69, 9.17) is 0 Å². The van der Waals surface area contributed by atoms with Crippen molar-refractivity contribution in [3.8, 4) is 0 Å². The number of carbonyl (C=O) groups is 1. The average molecular weight is 325 g/mol. The van der Waals surface area contributed by atoms with Crippen molar-refractivity contribution in [1.29, 1.82) is 0 Å². The number of carbonyl (C=O) groups excluding carboxylic acids is 1. The van der Waals surface area contributed by atoms with Crippen molar-refractivity contribution in [3.05, 3.63) is 59.4 Å². The van der Waals surface area contributed by atoms with Crippen molar-refractivity contribution in [3.63, 3.8) is 0 Å². The molecule has 0 N–H and O–H groups in total. The van der Waals surface area contributed by atoms with Gasteiger partial charge in [-0.3, -0.25) is 9.69 Å². The predicted octanol–water partition coefficient (Wildman–Crippen LogP) is 3.38. The van der Waals surface area contributed by atoms with Crippen LogP contribution in [0, 0.1) is 0 Å². The molecule has 3 rings (SSSR count). The number of aromatic nitrogens is 1. The maximum atomic E-state index is 12.7. The second-order valence-electron chi connectivity index (χ2n) is 6.39. The number of benzene rings is 1. The SMILES string of the molecule is CCN(CC)C(=O)c1ccc2n1CCCN(Cc1ccccc1)C2. The molecule has 0 spiro atoms. The number of hydrogen-bond acceptors (Lipinski definition) is 2. The maximum absolute atomic E-state index is 12.7. The molecule has 24 heavy (non-hydrogen) atoms. The Morgan fingerprint density at radius 1 is 1.04 bits per heavy atom. The summed E-state index contributed by atoms with van der Waals surface area (Å²) in [7, 11) is 0. The first kappa shape index (κ1) is 16.8. The fourth-order valence-electron chi connectivity index (χ4n) is 3.51. The van der Waals surface area contributed by atoms with Gasteiger partial charge in [0, 0.05) is 45.0 Å². The van der Waals surface area contributed by atoms with Crippen molar-refractivity contribution in [1.82, 2.24) is 14.4 Å². The summed E-state index contributed by atoms with van der Waals surface area (Å²) in [6.45, 7) is 9.45. The van der Waals surface area contributed by atoms with Gasteiger partial charge in [0.25, 0.3) is 5.91 Å². The molecule has 0 unspecified atom stereocenters. The van der Waals surface area contributed by atoms with E-state index in [1.807, 2.05) is 24.8 Å². The van der Waals surface area contributed by atoms with Crippen LogP contribution in [-0.4, -0.2) is 39.9 Å². The molecule has 1 aliphatic heterocycles. The minimum Gasteiger partial charge on any atom is -0.339 e. The van der Waals surface area contributed by atoms with E-state index in [9.17, 15) is 4.79 Å². The maximum Gasteiger partial charge on any atom is 0.270 e. The standard InChI is InChI=1S/C20H27N3O/c1-3-22(4-2)20(24)19-12-11-18-16-21(13-8-14-23(18)19)15-17-9-6-5-7-10-17/h5-7,9-12H,3-4,8,13-16H2,1-2H3. The lowest BCUT2D eigenvalue weighted by molar-refractivity contribution is 0.0761. The molecule has 1 amide bonds. The molecule has 1 aromatic carbocycles. The molecule has 0 saturated heterocycles. The second-order valence-corrected chi connectivity index (χ2v) is 6.39. The van der Waals surface area contributed by atoms with Crippen molar-refractivity contribution in [2.75, 3.05) is 19.6 Å². The molecule has 0 fully saturated rings. The lowest BCUT2D eigenvalue weighted by atomic mass is 10.2. The van der Waals surface area contributed by atoms with Gasteiger partial charge >= 0.3 is 0 Å². The first-order valence-corrected chi connectivity index (χ1v) is 8.96. The Kier molecular flexibility index (Phi) is 5.36. The Labute approximate surface area is 144 Å². The van der Waals surface area contributed by atoms with Gasteiger partial charge in [-0.25, -0.2) is 0 Å². The van der Waals surface area contributed by atoms with Crippen LogP contribution < -0.4 is 0 Å². The van der Waals surface area contributed by atoms with E-state index in [-0.39, 0.29) is 5.91 Å². The third-order valence-electron chi connectivity index (χ3n) is 4.83. The fraction of sp³-hybridized carbons (Fsp3) is 0.450. The highest BCUT2D eigenvalue weighted by Crippen LogP contribution is 2.20. The molecule has 0 aliphatic carbocycles. The molecule has 0 bridgehead atoms. The lowest BCUT2D eigenvalue weighted by Gasteiger charge is -2.20. The molecule has 128 valence electrons. The van der Waals surface area contributed by atoms with Gasteiger partial charge in [-0.2, -0.15) is 0 Å². The van der Waals surface area contributed by atoms with Crippen molar-refractivity contribution in [2.24, 2.45) is 0 Å². The topological polar surface area (TPSA) is 28.5 Å². The normalized spacial score (nSPS) is 14.9. The summed E-state index contributed by atoms with van der Waals surface area (Å²) in [6, 6.07) is 14.7. The van der Waals surface area contributed by atoms with Gasteiger partial charge in [-0.1, -0.05) is 30.3 Å². The van der Waals surface area contributed by atoms with Crippen molar-refractivity contribution in [2.45, 2.75) is 39.9 Å². The van der Waals surface area contributed by atoms with Crippen molar-refractivity contribution < 1.29 is 4.79 Å². The Bertz CT molecular complexity index is 673. The third kappa shape index (κ3) is 3.54. The molecule has 1 aromatic heterocycles. The van der Waals surface area contributed by atoms with E-state index in [0.717, 1.165) is 51.4 Å². The van der Waals surface area contributed by atoms with Crippen LogP contribution in [-0.2, 0) is 19.6 Å². The average Bonchev–Trinajstić information content (AvgIpc) is 2.89. The summed E-state index contributed by atoms with van der Waals surface area (Å²) in [5, 5.41) is 0. The van der Waals surface area contributed by atoms with E-state index < -0.39 is 0 Å². The Morgan fingerprint density at radius 3 is 2.50 bits per heavy atom. The van der Waals surface area contributed by atoms with Gasteiger partial charge in [0.15, 0.2) is 0 Å².